The third kappa shape index (κ3) is 8.11. The maximum Gasteiger partial charge on any atom is 0.303 e. The van der Waals surface area contributed by atoms with E-state index in [-0.39, 0.29) is 50.6 Å². The number of aliphatic carboxylic acids is 1. The van der Waals surface area contributed by atoms with E-state index in [9.17, 15) is 14.7 Å². The lowest BCUT2D eigenvalue weighted by molar-refractivity contribution is -0.245. The molecule has 184 valence electrons. The first-order chi connectivity index (χ1) is 16.5. The molecule has 1 fully saturated rings. The fraction of sp³-hybridized carbons (Fsp3) is 0.440. The second-order valence-corrected chi connectivity index (χ2v) is 9.22. The number of carboxylic acid groups (broad SMARTS) is 1. The first kappa shape index (κ1) is 26.2. The second kappa shape index (κ2) is 13.5. The molecule has 1 heterocycles. The number of amides is 1. The maximum absolute atomic E-state index is 12.2. The van der Waals surface area contributed by atoms with Gasteiger partial charge in [0.05, 0.1) is 25.4 Å². The number of aliphatic hydroxyl groups excluding tert-OH is 2. The average Bonchev–Trinajstić information content (AvgIpc) is 2.84. The van der Waals surface area contributed by atoms with Gasteiger partial charge < -0.3 is 30.1 Å². The highest BCUT2D eigenvalue weighted by Crippen LogP contribution is 2.39. The standard InChI is InChI=1S/C25H31NO7S/c27-11-12-34-16-21-14-22(18-9-7-17(15-28)8-10-18)33-25(32-21)19-3-1-4-20(13-19)26-23(29)5-2-6-24(30)31/h1,3-4,7-10,13,21-22,25,27-28H,2,5-6,11-12,14-16H2,(H,26,29)(H,30,31). The first-order valence-corrected chi connectivity index (χ1v) is 12.4. The van der Waals surface area contributed by atoms with Gasteiger partial charge in [0.25, 0.3) is 0 Å². The van der Waals surface area contributed by atoms with Crippen LogP contribution < -0.4 is 5.32 Å². The Bertz CT molecular complexity index is 937. The molecule has 9 heteroatoms. The topological polar surface area (TPSA) is 125 Å². The van der Waals surface area contributed by atoms with E-state index in [1.165, 1.54) is 0 Å². The smallest absolute Gasteiger partial charge is 0.303 e. The van der Waals surface area contributed by atoms with Crippen LogP contribution in [0.25, 0.3) is 0 Å². The molecule has 0 radical (unpaired) electrons. The van der Waals surface area contributed by atoms with Gasteiger partial charge in [-0.3, -0.25) is 9.59 Å². The quantitative estimate of drug-likeness (QED) is 0.333. The molecule has 3 unspecified atom stereocenters. The van der Waals surface area contributed by atoms with Crippen molar-refractivity contribution in [2.75, 3.05) is 23.4 Å². The van der Waals surface area contributed by atoms with Gasteiger partial charge in [0.2, 0.25) is 5.91 Å². The van der Waals surface area contributed by atoms with Crippen LogP contribution in [0.1, 0.15) is 54.8 Å². The molecule has 1 aliphatic heterocycles. The fourth-order valence-electron chi connectivity index (χ4n) is 3.69. The van der Waals surface area contributed by atoms with Crippen molar-refractivity contribution < 1.29 is 34.4 Å². The molecular weight excluding hydrogens is 458 g/mol. The fourth-order valence-corrected chi connectivity index (χ4v) is 4.46. The number of hydrogen-bond acceptors (Lipinski definition) is 7. The minimum absolute atomic E-state index is 0.0210. The summed E-state index contributed by atoms with van der Waals surface area (Å²) in [5.74, 6) is 0.175. The highest BCUT2D eigenvalue weighted by Gasteiger charge is 2.32. The first-order valence-electron chi connectivity index (χ1n) is 11.3. The molecule has 1 amide bonds. The van der Waals surface area contributed by atoms with E-state index in [0.29, 0.717) is 23.6 Å². The van der Waals surface area contributed by atoms with Crippen molar-refractivity contribution in [1.29, 1.82) is 0 Å². The second-order valence-electron chi connectivity index (χ2n) is 8.07. The Morgan fingerprint density at radius 2 is 1.82 bits per heavy atom. The zero-order chi connectivity index (χ0) is 24.3. The summed E-state index contributed by atoms with van der Waals surface area (Å²) in [6.07, 6.45) is 0.0799. The molecule has 34 heavy (non-hydrogen) atoms. The molecule has 3 atom stereocenters. The van der Waals surface area contributed by atoms with Crippen LogP contribution in [-0.4, -0.2) is 51.4 Å². The molecule has 2 aromatic rings. The van der Waals surface area contributed by atoms with Crippen molar-refractivity contribution >= 4 is 29.3 Å². The Balaban J connectivity index is 1.71. The highest BCUT2D eigenvalue weighted by atomic mass is 32.2. The predicted octanol–water partition coefficient (Wildman–Crippen LogP) is 3.64. The van der Waals surface area contributed by atoms with Crippen molar-refractivity contribution in [2.24, 2.45) is 0 Å². The number of thioether (sulfide) groups is 1. The number of anilines is 1. The number of nitrogens with one attached hydrogen (secondary N) is 1. The number of carbonyl (C=O) groups excluding carboxylic acids is 1. The van der Waals surface area contributed by atoms with Crippen LogP contribution in [-0.2, 0) is 25.7 Å². The molecule has 3 rings (SSSR count). The number of benzene rings is 2. The predicted molar refractivity (Wildman–Crippen MR) is 129 cm³/mol. The number of ether oxygens (including phenoxy) is 2. The molecule has 0 aromatic heterocycles. The summed E-state index contributed by atoms with van der Waals surface area (Å²) in [6, 6.07) is 14.9. The Morgan fingerprint density at radius 3 is 2.53 bits per heavy atom. The summed E-state index contributed by atoms with van der Waals surface area (Å²) in [6.45, 7) is 0.0877. The van der Waals surface area contributed by atoms with E-state index >= 15 is 0 Å². The summed E-state index contributed by atoms with van der Waals surface area (Å²) in [4.78, 5) is 22.8. The van der Waals surface area contributed by atoms with Gasteiger partial charge in [-0.2, -0.15) is 11.8 Å². The van der Waals surface area contributed by atoms with Gasteiger partial charge in [0.1, 0.15) is 0 Å². The van der Waals surface area contributed by atoms with Gasteiger partial charge in [-0.15, -0.1) is 0 Å². The van der Waals surface area contributed by atoms with Crippen molar-refractivity contribution in [3.05, 3.63) is 65.2 Å². The Hall–Kier alpha value is -2.43. The zero-order valence-corrected chi connectivity index (χ0v) is 19.7. The van der Waals surface area contributed by atoms with Gasteiger partial charge in [0, 0.05) is 42.0 Å². The van der Waals surface area contributed by atoms with Crippen LogP contribution in [0, 0.1) is 0 Å². The molecule has 0 spiro atoms. The monoisotopic (exact) mass is 489 g/mol. The van der Waals surface area contributed by atoms with E-state index in [1.807, 2.05) is 36.4 Å². The summed E-state index contributed by atoms with van der Waals surface area (Å²) in [5.41, 5.74) is 3.17. The van der Waals surface area contributed by atoms with Gasteiger partial charge in [0.15, 0.2) is 6.29 Å². The largest absolute Gasteiger partial charge is 0.481 e. The molecule has 1 saturated heterocycles. The third-order valence-corrected chi connectivity index (χ3v) is 6.47. The summed E-state index contributed by atoms with van der Waals surface area (Å²) in [7, 11) is 0. The van der Waals surface area contributed by atoms with Gasteiger partial charge in [-0.1, -0.05) is 36.4 Å². The SMILES string of the molecule is O=C(O)CCCC(=O)Nc1cccc(C2OC(CSCCO)CC(c3ccc(CO)cc3)O2)c1. The molecule has 4 N–H and O–H groups in total. The van der Waals surface area contributed by atoms with Crippen LogP contribution in [0.3, 0.4) is 0 Å². The minimum atomic E-state index is -0.923. The number of hydrogen-bond donors (Lipinski definition) is 4. The highest BCUT2D eigenvalue weighted by molar-refractivity contribution is 7.99. The number of aliphatic hydroxyl groups is 2. The van der Waals surface area contributed by atoms with Crippen LogP contribution in [0.2, 0.25) is 0 Å². The van der Waals surface area contributed by atoms with Crippen LogP contribution in [0.15, 0.2) is 48.5 Å². The molecule has 1 aliphatic rings. The normalized spacial score (nSPS) is 20.1. The summed E-state index contributed by atoms with van der Waals surface area (Å²) in [5, 5.41) is 30.0. The molecule has 0 saturated carbocycles. The van der Waals surface area contributed by atoms with E-state index < -0.39 is 12.3 Å². The molecule has 8 nitrogen and oxygen atoms in total. The molecule has 0 aliphatic carbocycles. The van der Waals surface area contributed by atoms with E-state index in [0.717, 1.165) is 16.7 Å². The van der Waals surface area contributed by atoms with Crippen molar-refractivity contribution in [2.45, 2.75) is 50.8 Å². The zero-order valence-electron chi connectivity index (χ0n) is 18.9. The summed E-state index contributed by atoms with van der Waals surface area (Å²) >= 11 is 1.62. The number of rotatable bonds is 12. The van der Waals surface area contributed by atoms with Gasteiger partial charge in [-0.25, -0.2) is 0 Å². The summed E-state index contributed by atoms with van der Waals surface area (Å²) < 4.78 is 12.5. The average molecular weight is 490 g/mol. The number of carbonyl (C=O) groups is 2. The molecular formula is C25H31NO7S. The lowest BCUT2D eigenvalue weighted by Crippen LogP contribution is -2.31. The number of carboxylic acids is 1. The van der Waals surface area contributed by atoms with E-state index in [4.69, 9.17) is 19.7 Å². The van der Waals surface area contributed by atoms with Crippen molar-refractivity contribution in [1.82, 2.24) is 0 Å². The third-order valence-electron chi connectivity index (χ3n) is 5.39. The van der Waals surface area contributed by atoms with E-state index in [1.54, 1.807) is 23.9 Å². The van der Waals surface area contributed by atoms with Crippen LogP contribution in [0.5, 0.6) is 0 Å². The van der Waals surface area contributed by atoms with Crippen LogP contribution in [0.4, 0.5) is 5.69 Å². The van der Waals surface area contributed by atoms with Crippen LogP contribution >= 0.6 is 11.8 Å². The lowest BCUT2D eigenvalue weighted by Gasteiger charge is -2.36. The van der Waals surface area contributed by atoms with E-state index in [2.05, 4.69) is 5.32 Å². The Morgan fingerprint density at radius 1 is 1.03 bits per heavy atom. The Kier molecular flexibility index (Phi) is 10.4. The van der Waals surface area contributed by atoms with Gasteiger partial charge in [-0.05, 0) is 29.7 Å². The van der Waals surface area contributed by atoms with Crippen molar-refractivity contribution in [3.63, 3.8) is 0 Å². The van der Waals surface area contributed by atoms with Crippen molar-refractivity contribution in [3.8, 4) is 0 Å². The Labute approximate surface area is 203 Å². The van der Waals surface area contributed by atoms with Gasteiger partial charge >= 0.3 is 5.97 Å². The molecule has 2 aromatic carbocycles. The lowest BCUT2D eigenvalue weighted by atomic mass is 10.0. The maximum atomic E-state index is 12.2. The molecule has 0 bridgehead atoms. The minimum Gasteiger partial charge on any atom is -0.481 e.